The topological polar surface area (TPSA) is 81.3 Å². The summed E-state index contributed by atoms with van der Waals surface area (Å²) < 4.78 is 24.8. The van der Waals surface area contributed by atoms with Crippen LogP contribution in [0, 0.1) is 5.82 Å². The standard InChI is InChI=1S/C21H18FN5O2/c1-21(15-7-9-16(22)10-8-15)20(25-27-26-21)28-12-11-17-13-19(24-14-23-17)29-18-5-3-2-4-6-18/h2-10,13-14H,11-12H2,1H3. The molecule has 0 aliphatic carbocycles. The smallest absolute Gasteiger partial charge is 0.245 e. The van der Waals surface area contributed by atoms with Crippen LogP contribution >= 0.6 is 0 Å². The van der Waals surface area contributed by atoms with Gasteiger partial charge >= 0.3 is 0 Å². The summed E-state index contributed by atoms with van der Waals surface area (Å²) in [5.41, 5.74) is 0.641. The maximum atomic E-state index is 13.2. The van der Waals surface area contributed by atoms with Gasteiger partial charge in [-0.2, -0.15) is 0 Å². The molecule has 1 aliphatic heterocycles. The highest BCUT2D eigenvalue weighted by molar-refractivity contribution is 5.88. The van der Waals surface area contributed by atoms with Gasteiger partial charge in [-0.25, -0.2) is 14.4 Å². The normalized spacial score (nSPS) is 17.8. The second kappa shape index (κ2) is 8.14. The number of ether oxygens (including phenoxy) is 2. The number of benzene rings is 2. The molecule has 0 radical (unpaired) electrons. The fourth-order valence-electron chi connectivity index (χ4n) is 2.85. The Bertz CT molecular complexity index is 1040. The van der Waals surface area contributed by atoms with Crippen molar-refractivity contribution in [1.29, 1.82) is 0 Å². The van der Waals surface area contributed by atoms with Gasteiger partial charge in [-0.05, 0) is 42.0 Å². The zero-order valence-electron chi connectivity index (χ0n) is 15.7. The Hall–Kier alpha value is -3.68. The van der Waals surface area contributed by atoms with E-state index in [4.69, 9.17) is 9.47 Å². The van der Waals surface area contributed by atoms with Crippen molar-refractivity contribution >= 4 is 5.90 Å². The summed E-state index contributed by atoms with van der Waals surface area (Å²) >= 11 is 0. The van der Waals surface area contributed by atoms with E-state index in [1.165, 1.54) is 18.5 Å². The van der Waals surface area contributed by atoms with E-state index in [-0.39, 0.29) is 5.82 Å². The monoisotopic (exact) mass is 391 g/mol. The number of halogens is 1. The van der Waals surface area contributed by atoms with Crippen LogP contribution in [0.25, 0.3) is 0 Å². The minimum Gasteiger partial charge on any atom is -0.477 e. The second-order valence-electron chi connectivity index (χ2n) is 6.53. The van der Waals surface area contributed by atoms with Gasteiger partial charge in [0.05, 0.1) is 12.3 Å². The van der Waals surface area contributed by atoms with Gasteiger partial charge in [0.1, 0.15) is 17.9 Å². The number of para-hydroxylation sites is 1. The van der Waals surface area contributed by atoms with Gasteiger partial charge < -0.3 is 9.47 Å². The molecule has 1 atom stereocenters. The Morgan fingerprint density at radius 3 is 2.59 bits per heavy atom. The average molecular weight is 391 g/mol. The molecule has 0 N–H and O–H groups in total. The first-order valence-electron chi connectivity index (χ1n) is 9.06. The van der Waals surface area contributed by atoms with Gasteiger partial charge in [-0.15, -0.1) is 5.11 Å². The average Bonchev–Trinajstić information content (AvgIpc) is 3.11. The van der Waals surface area contributed by atoms with E-state index in [2.05, 4.69) is 25.4 Å². The van der Waals surface area contributed by atoms with Crippen molar-refractivity contribution in [1.82, 2.24) is 9.97 Å². The maximum Gasteiger partial charge on any atom is 0.245 e. The van der Waals surface area contributed by atoms with E-state index in [0.29, 0.717) is 30.6 Å². The molecule has 8 heteroatoms. The third kappa shape index (κ3) is 4.26. The van der Waals surface area contributed by atoms with E-state index in [0.717, 1.165) is 11.3 Å². The first-order chi connectivity index (χ1) is 14.1. The van der Waals surface area contributed by atoms with Crippen molar-refractivity contribution in [3.8, 4) is 11.6 Å². The zero-order chi connectivity index (χ0) is 20.1. The molecule has 2 heterocycles. The van der Waals surface area contributed by atoms with Crippen LogP contribution in [-0.4, -0.2) is 22.5 Å². The highest BCUT2D eigenvalue weighted by Gasteiger charge is 2.38. The van der Waals surface area contributed by atoms with Gasteiger partial charge in [0, 0.05) is 12.5 Å². The molecule has 4 rings (SSSR count). The van der Waals surface area contributed by atoms with Gasteiger partial charge in [0.25, 0.3) is 0 Å². The molecule has 1 aromatic heterocycles. The van der Waals surface area contributed by atoms with Crippen LogP contribution in [0.15, 0.2) is 82.4 Å². The largest absolute Gasteiger partial charge is 0.477 e. The second-order valence-corrected chi connectivity index (χ2v) is 6.53. The van der Waals surface area contributed by atoms with Crippen molar-refractivity contribution in [2.24, 2.45) is 15.4 Å². The van der Waals surface area contributed by atoms with Crippen molar-refractivity contribution in [3.63, 3.8) is 0 Å². The first kappa shape index (κ1) is 18.7. The van der Waals surface area contributed by atoms with Crippen LogP contribution in [0.2, 0.25) is 0 Å². The first-order valence-corrected chi connectivity index (χ1v) is 9.06. The molecule has 0 saturated heterocycles. The number of rotatable bonds is 6. The summed E-state index contributed by atoms with van der Waals surface area (Å²) in [5, 5.41) is 11.9. The van der Waals surface area contributed by atoms with E-state index >= 15 is 0 Å². The lowest BCUT2D eigenvalue weighted by Gasteiger charge is -2.21. The van der Waals surface area contributed by atoms with Crippen molar-refractivity contribution < 1.29 is 13.9 Å². The van der Waals surface area contributed by atoms with E-state index in [1.54, 1.807) is 18.2 Å². The third-order valence-electron chi connectivity index (χ3n) is 4.46. The molecule has 1 aliphatic rings. The Morgan fingerprint density at radius 2 is 1.79 bits per heavy atom. The highest BCUT2D eigenvalue weighted by Crippen LogP contribution is 2.32. The van der Waals surface area contributed by atoms with Gasteiger partial charge in [0.15, 0.2) is 5.54 Å². The Kier molecular flexibility index (Phi) is 5.24. The summed E-state index contributed by atoms with van der Waals surface area (Å²) in [4.78, 5) is 8.38. The molecular formula is C21H18FN5O2. The zero-order valence-corrected chi connectivity index (χ0v) is 15.7. The number of aromatic nitrogens is 2. The van der Waals surface area contributed by atoms with Crippen LogP contribution in [-0.2, 0) is 16.7 Å². The fraction of sp³-hybridized carbons (Fsp3) is 0.190. The summed E-state index contributed by atoms with van der Waals surface area (Å²) in [7, 11) is 0. The Labute approximate surface area is 167 Å². The minimum absolute atomic E-state index is 0.316. The van der Waals surface area contributed by atoms with Crippen LogP contribution < -0.4 is 4.74 Å². The van der Waals surface area contributed by atoms with Gasteiger partial charge in [0.2, 0.25) is 11.8 Å². The molecule has 29 heavy (non-hydrogen) atoms. The third-order valence-corrected chi connectivity index (χ3v) is 4.46. The molecule has 3 aromatic rings. The van der Waals surface area contributed by atoms with Crippen LogP contribution in [0.3, 0.4) is 0 Å². The molecule has 0 spiro atoms. The quantitative estimate of drug-likeness (QED) is 0.612. The van der Waals surface area contributed by atoms with Crippen LogP contribution in [0.4, 0.5) is 4.39 Å². The lowest BCUT2D eigenvalue weighted by molar-refractivity contribution is 0.281. The van der Waals surface area contributed by atoms with Crippen LogP contribution in [0.1, 0.15) is 18.2 Å². The van der Waals surface area contributed by atoms with Gasteiger partial charge in [-0.3, -0.25) is 0 Å². The van der Waals surface area contributed by atoms with E-state index in [9.17, 15) is 4.39 Å². The summed E-state index contributed by atoms with van der Waals surface area (Å²) in [6, 6.07) is 17.2. The van der Waals surface area contributed by atoms with Crippen molar-refractivity contribution in [2.75, 3.05) is 6.61 Å². The maximum absolute atomic E-state index is 13.2. The SMILES string of the molecule is CC1(c2ccc(F)cc2)N=NN=C1OCCc1cc(Oc2ccccc2)ncn1. The minimum atomic E-state index is -0.874. The van der Waals surface area contributed by atoms with Crippen molar-refractivity contribution in [3.05, 3.63) is 84.1 Å². The lowest BCUT2D eigenvalue weighted by Crippen LogP contribution is -2.30. The van der Waals surface area contributed by atoms with E-state index < -0.39 is 5.54 Å². The molecule has 7 nitrogen and oxygen atoms in total. The summed E-state index contributed by atoms with van der Waals surface area (Å²) in [6.07, 6.45) is 1.97. The molecule has 0 fully saturated rings. The molecule has 0 amide bonds. The number of hydrogen-bond acceptors (Lipinski definition) is 7. The summed E-state index contributed by atoms with van der Waals surface area (Å²) in [5.74, 6) is 1.20. The number of nitrogens with zero attached hydrogens (tertiary/aromatic N) is 5. The van der Waals surface area contributed by atoms with Crippen LogP contribution in [0.5, 0.6) is 11.6 Å². The number of hydrogen-bond donors (Lipinski definition) is 0. The Balaban J connectivity index is 1.38. The molecule has 1 unspecified atom stereocenters. The van der Waals surface area contributed by atoms with Crippen molar-refractivity contribution in [2.45, 2.75) is 18.9 Å². The Morgan fingerprint density at radius 1 is 1.00 bits per heavy atom. The predicted molar refractivity (Wildman–Crippen MR) is 104 cm³/mol. The highest BCUT2D eigenvalue weighted by atomic mass is 19.1. The summed E-state index contributed by atoms with van der Waals surface area (Å²) in [6.45, 7) is 2.15. The molecule has 2 aromatic carbocycles. The van der Waals surface area contributed by atoms with E-state index in [1.807, 2.05) is 37.3 Å². The van der Waals surface area contributed by atoms with Gasteiger partial charge in [-0.1, -0.05) is 35.4 Å². The predicted octanol–water partition coefficient (Wildman–Crippen LogP) is 4.66. The molecular weight excluding hydrogens is 373 g/mol. The molecule has 0 bridgehead atoms. The lowest BCUT2D eigenvalue weighted by atomic mass is 9.93. The molecule has 146 valence electrons. The molecule has 0 saturated carbocycles. The fourth-order valence-corrected chi connectivity index (χ4v) is 2.85.